The van der Waals surface area contributed by atoms with Crippen LogP contribution in [0.4, 0.5) is 0 Å². The minimum absolute atomic E-state index is 0.0298. The van der Waals surface area contributed by atoms with Gasteiger partial charge in [0, 0.05) is 18.7 Å². The molecule has 1 aromatic heterocycles. The van der Waals surface area contributed by atoms with Crippen molar-refractivity contribution in [1.82, 2.24) is 10.6 Å². The van der Waals surface area contributed by atoms with Crippen molar-refractivity contribution in [3.05, 3.63) is 35.8 Å². The summed E-state index contributed by atoms with van der Waals surface area (Å²) in [7, 11) is 0. The van der Waals surface area contributed by atoms with Crippen molar-refractivity contribution in [2.75, 3.05) is 13.1 Å². The Hall–Kier alpha value is -1.55. The number of hydrogen-bond acceptors (Lipinski definition) is 3. The summed E-state index contributed by atoms with van der Waals surface area (Å²) in [5.41, 5.74) is 1.09. The zero-order chi connectivity index (χ0) is 12.0. The Bertz CT molecular complexity index is 369. The molecule has 1 amide bonds. The van der Waals surface area contributed by atoms with Gasteiger partial charge in [0.05, 0.1) is 6.54 Å². The van der Waals surface area contributed by atoms with E-state index in [1.807, 2.05) is 19.9 Å². The summed E-state index contributed by atoms with van der Waals surface area (Å²) >= 11 is 0. The van der Waals surface area contributed by atoms with Crippen molar-refractivity contribution in [3.8, 4) is 0 Å². The van der Waals surface area contributed by atoms with Crippen LogP contribution >= 0.6 is 0 Å². The standard InChI is InChI=1S/C12H18N2O2/c1-4-5-14-12(15)8-13-7-11-6-9(2)16-10(11)3/h4,6,13H,1,5,7-8H2,2-3H3,(H,14,15). The van der Waals surface area contributed by atoms with Crippen LogP contribution < -0.4 is 10.6 Å². The van der Waals surface area contributed by atoms with E-state index in [4.69, 9.17) is 4.42 Å². The Morgan fingerprint density at radius 1 is 1.56 bits per heavy atom. The molecule has 0 saturated heterocycles. The molecule has 0 aliphatic carbocycles. The highest BCUT2D eigenvalue weighted by Crippen LogP contribution is 2.12. The van der Waals surface area contributed by atoms with Gasteiger partial charge in [0.1, 0.15) is 11.5 Å². The van der Waals surface area contributed by atoms with Crippen molar-refractivity contribution in [1.29, 1.82) is 0 Å². The van der Waals surface area contributed by atoms with Crippen molar-refractivity contribution < 1.29 is 9.21 Å². The SMILES string of the molecule is C=CCNC(=O)CNCc1cc(C)oc1C. The Morgan fingerprint density at radius 3 is 2.88 bits per heavy atom. The summed E-state index contributed by atoms with van der Waals surface area (Å²) in [5, 5.41) is 5.75. The largest absolute Gasteiger partial charge is 0.466 e. The van der Waals surface area contributed by atoms with Gasteiger partial charge in [-0.2, -0.15) is 0 Å². The molecule has 0 unspecified atom stereocenters. The van der Waals surface area contributed by atoms with E-state index >= 15 is 0 Å². The molecule has 88 valence electrons. The Labute approximate surface area is 95.7 Å². The lowest BCUT2D eigenvalue weighted by Gasteiger charge is -2.04. The third kappa shape index (κ3) is 3.90. The molecule has 2 N–H and O–H groups in total. The molecular formula is C12H18N2O2. The maximum Gasteiger partial charge on any atom is 0.234 e. The van der Waals surface area contributed by atoms with Gasteiger partial charge in [-0.1, -0.05) is 6.08 Å². The highest BCUT2D eigenvalue weighted by Gasteiger charge is 2.04. The lowest BCUT2D eigenvalue weighted by Crippen LogP contribution is -2.33. The monoisotopic (exact) mass is 222 g/mol. The van der Waals surface area contributed by atoms with Crippen LogP contribution in [0.1, 0.15) is 17.1 Å². The molecule has 1 rings (SSSR count). The number of aryl methyl sites for hydroxylation is 2. The molecule has 0 aromatic carbocycles. The fraction of sp³-hybridized carbons (Fsp3) is 0.417. The van der Waals surface area contributed by atoms with E-state index < -0.39 is 0 Å². The molecule has 0 aliphatic heterocycles. The smallest absolute Gasteiger partial charge is 0.234 e. The van der Waals surface area contributed by atoms with Crippen LogP contribution in [0.3, 0.4) is 0 Å². The second-order valence-corrected chi connectivity index (χ2v) is 3.63. The van der Waals surface area contributed by atoms with E-state index in [0.29, 0.717) is 19.6 Å². The van der Waals surface area contributed by atoms with Gasteiger partial charge in [0.25, 0.3) is 0 Å². The topological polar surface area (TPSA) is 54.3 Å². The van der Waals surface area contributed by atoms with Gasteiger partial charge in [0.15, 0.2) is 0 Å². The van der Waals surface area contributed by atoms with Gasteiger partial charge < -0.3 is 15.1 Å². The van der Waals surface area contributed by atoms with Crippen molar-refractivity contribution in [3.63, 3.8) is 0 Å². The molecule has 4 nitrogen and oxygen atoms in total. The third-order valence-corrected chi connectivity index (χ3v) is 2.19. The summed E-state index contributed by atoms with van der Waals surface area (Å²) in [5.74, 6) is 1.76. The Kier molecular flexibility index (Phi) is 4.79. The number of amides is 1. The van der Waals surface area contributed by atoms with Gasteiger partial charge in [-0.25, -0.2) is 0 Å². The Morgan fingerprint density at radius 2 is 2.31 bits per heavy atom. The lowest BCUT2D eigenvalue weighted by molar-refractivity contribution is -0.120. The third-order valence-electron chi connectivity index (χ3n) is 2.19. The predicted molar refractivity (Wildman–Crippen MR) is 63.1 cm³/mol. The van der Waals surface area contributed by atoms with E-state index in [-0.39, 0.29) is 5.91 Å². The van der Waals surface area contributed by atoms with E-state index in [9.17, 15) is 4.79 Å². The highest BCUT2D eigenvalue weighted by molar-refractivity contribution is 5.78. The van der Waals surface area contributed by atoms with Gasteiger partial charge in [-0.3, -0.25) is 4.79 Å². The highest BCUT2D eigenvalue weighted by atomic mass is 16.3. The molecule has 0 fully saturated rings. The summed E-state index contributed by atoms with van der Waals surface area (Å²) in [6.45, 7) is 8.81. The van der Waals surface area contributed by atoms with E-state index in [1.165, 1.54) is 0 Å². The first-order valence-corrected chi connectivity index (χ1v) is 5.27. The van der Waals surface area contributed by atoms with Crippen LogP contribution in [-0.4, -0.2) is 19.0 Å². The number of rotatable bonds is 6. The average molecular weight is 222 g/mol. The average Bonchev–Trinajstić information content (AvgIpc) is 2.55. The first-order valence-electron chi connectivity index (χ1n) is 5.27. The van der Waals surface area contributed by atoms with Crippen molar-refractivity contribution in [2.45, 2.75) is 20.4 Å². The quantitative estimate of drug-likeness (QED) is 0.713. The second-order valence-electron chi connectivity index (χ2n) is 3.63. The van der Waals surface area contributed by atoms with E-state index in [0.717, 1.165) is 17.1 Å². The fourth-order valence-electron chi connectivity index (χ4n) is 1.42. The molecule has 1 heterocycles. The maximum absolute atomic E-state index is 11.2. The zero-order valence-electron chi connectivity index (χ0n) is 9.80. The molecular weight excluding hydrogens is 204 g/mol. The van der Waals surface area contributed by atoms with Crippen LogP contribution in [0.25, 0.3) is 0 Å². The number of carbonyl (C=O) groups excluding carboxylic acids is 1. The molecule has 0 radical (unpaired) electrons. The van der Waals surface area contributed by atoms with Crippen molar-refractivity contribution in [2.24, 2.45) is 0 Å². The maximum atomic E-state index is 11.2. The molecule has 0 aliphatic rings. The zero-order valence-corrected chi connectivity index (χ0v) is 9.80. The summed E-state index contributed by atoms with van der Waals surface area (Å²) < 4.78 is 5.38. The van der Waals surface area contributed by atoms with E-state index in [2.05, 4.69) is 17.2 Å². The molecule has 4 heteroatoms. The summed E-state index contributed by atoms with van der Waals surface area (Å²) in [6.07, 6.45) is 1.65. The minimum Gasteiger partial charge on any atom is -0.466 e. The van der Waals surface area contributed by atoms with Crippen LogP contribution in [0.15, 0.2) is 23.1 Å². The van der Waals surface area contributed by atoms with Crippen LogP contribution in [0.5, 0.6) is 0 Å². The second kappa shape index (κ2) is 6.12. The van der Waals surface area contributed by atoms with E-state index in [1.54, 1.807) is 6.08 Å². The van der Waals surface area contributed by atoms with Gasteiger partial charge >= 0.3 is 0 Å². The van der Waals surface area contributed by atoms with Crippen LogP contribution in [-0.2, 0) is 11.3 Å². The summed E-state index contributed by atoms with van der Waals surface area (Å²) in [4.78, 5) is 11.2. The number of nitrogens with one attached hydrogen (secondary N) is 2. The number of furan rings is 1. The lowest BCUT2D eigenvalue weighted by atomic mass is 10.2. The fourth-order valence-corrected chi connectivity index (χ4v) is 1.42. The number of hydrogen-bond donors (Lipinski definition) is 2. The van der Waals surface area contributed by atoms with Crippen LogP contribution in [0.2, 0.25) is 0 Å². The Balaban J connectivity index is 2.27. The molecule has 16 heavy (non-hydrogen) atoms. The summed E-state index contributed by atoms with van der Waals surface area (Å²) in [6, 6.07) is 1.98. The normalized spacial score (nSPS) is 10.1. The molecule has 0 spiro atoms. The van der Waals surface area contributed by atoms with Crippen molar-refractivity contribution >= 4 is 5.91 Å². The first kappa shape index (κ1) is 12.5. The van der Waals surface area contributed by atoms with Gasteiger partial charge in [-0.05, 0) is 19.9 Å². The molecule has 0 atom stereocenters. The van der Waals surface area contributed by atoms with Gasteiger partial charge in [0.2, 0.25) is 5.91 Å². The first-order chi connectivity index (χ1) is 7.63. The molecule has 0 saturated carbocycles. The van der Waals surface area contributed by atoms with Crippen LogP contribution in [0, 0.1) is 13.8 Å². The molecule has 0 bridgehead atoms. The van der Waals surface area contributed by atoms with Gasteiger partial charge in [-0.15, -0.1) is 6.58 Å². The minimum atomic E-state index is -0.0298. The number of carbonyl (C=O) groups is 1. The molecule has 1 aromatic rings. The predicted octanol–water partition coefficient (Wildman–Crippen LogP) is 1.29.